The monoisotopic (exact) mass is 1570 g/mol. The Morgan fingerprint density at radius 1 is 0.291 bits per heavy atom. The topological polar surface area (TPSA) is 307 Å². The van der Waals surface area contributed by atoms with Crippen molar-refractivity contribution in [3.8, 4) is 0 Å². The van der Waals surface area contributed by atoms with Crippen LogP contribution in [0.1, 0.15) is 444 Å². The number of hydrogen-bond donors (Lipinski definition) is 12. The van der Waals surface area contributed by atoms with Crippen LogP contribution in [0.25, 0.3) is 0 Å². The van der Waals surface area contributed by atoms with Crippen molar-refractivity contribution in [3.05, 3.63) is 0 Å². The highest BCUT2D eigenvalue weighted by molar-refractivity contribution is 5.76. The number of amides is 1. The SMILES string of the molecule is CCCCCCCCCCCCCCCCCCCCCCCCCCCCCCCCCCCCC(=O)NC(COC1OC(CO)C(OC2OC(CO)C(OC3OC(CO)C(O)C(O)C3O)C(O)C2O)C(O)C1O)C(O)CCCCCCCCCCCCCCCCCCCCCCCCCCCCCCCCC. The van der Waals surface area contributed by atoms with Crippen LogP contribution in [-0.2, 0) is 33.2 Å². The fraction of sp³-hybridized carbons (Fsp3) is 0.989. The van der Waals surface area contributed by atoms with Crippen LogP contribution in [0.15, 0.2) is 0 Å². The van der Waals surface area contributed by atoms with E-state index in [-0.39, 0.29) is 18.9 Å². The van der Waals surface area contributed by atoms with E-state index in [2.05, 4.69) is 19.2 Å². The number of aliphatic hydroxyl groups is 11. The van der Waals surface area contributed by atoms with Crippen LogP contribution in [0.3, 0.4) is 0 Å². The van der Waals surface area contributed by atoms with E-state index in [0.717, 1.165) is 44.9 Å². The third-order valence-corrected chi connectivity index (χ3v) is 24.2. The van der Waals surface area contributed by atoms with Crippen molar-refractivity contribution in [2.75, 3.05) is 26.4 Å². The second-order valence-corrected chi connectivity index (χ2v) is 34.2. The minimum absolute atomic E-state index is 0.230. The molecule has 0 bridgehead atoms. The molecule has 17 atom stereocenters. The predicted octanol–water partition coefficient (Wildman–Crippen LogP) is 18.5. The lowest BCUT2D eigenvalue weighted by atomic mass is 9.96. The first-order chi connectivity index (χ1) is 53.8. The van der Waals surface area contributed by atoms with Crippen molar-refractivity contribution in [3.63, 3.8) is 0 Å². The molecule has 1 amide bonds. The van der Waals surface area contributed by atoms with Crippen molar-refractivity contribution < 1.29 is 89.4 Å². The lowest BCUT2D eigenvalue weighted by Crippen LogP contribution is -2.66. The van der Waals surface area contributed by atoms with E-state index in [1.165, 1.54) is 366 Å². The Hall–Kier alpha value is -1.21. The molecule has 12 N–H and O–H groups in total. The number of aliphatic hydroxyl groups excluding tert-OH is 11. The minimum atomic E-state index is -1.97. The number of nitrogens with one attached hydrogen (secondary N) is 1. The third kappa shape index (κ3) is 49.9. The van der Waals surface area contributed by atoms with Crippen molar-refractivity contribution in [1.82, 2.24) is 5.32 Å². The lowest BCUT2D eigenvalue weighted by molar-refractivity contribution is -0.379. The maximum atomic E-state index is 13.6. The molecule has 0 aromatic rings. The van der Waals surface area contributed by atoms with Crippen LogP contribution in [0.5, 0.6) is 0 Å². The Balaban J connectivity index is 1.30. The fourth-order valence-corrected chi connectivity index (χ4v) is 16.7. The number of hydrogen-bond acceptors (Lipinski definition) is 18. The number of carbonyl (C=O) groups is 1. The molecule has 0 aromatic heterocycles. The second-order valence-electron chi connectivity index (χ2n) is 34.2. The first kappa shape index (κ1) is 103. The summed E-state index contributed by atoms with van der Waals surface area (Å²) in [6.07, 6.45) is 60.9. The molecule has 0 aromatic carbocycles. The second kappa shape index (κ2) is 71.9. The zero-order chi connectivity index (χ0) is 79.5. The summed E-state index contributed by atoms with van der Waals surface area (Å²) in [6.45, 7) is 1.90. The smallest absolute Gasteiger partial charge is 0.220 e. The van der Waals surface area contributed by atoms with E-state index in [1.54, 1.807) is 0 Å². The average Bonchev–Trinajstić information content (AvgIpc) is 0.780. The molecule has 0 radical (unpaired) electrons. The zero-order valence-corrected chi connectivity index (χ0v) is 70.8. The Morgan fingerprint density at radius 2 is 0.518 bits per heavy atom. The predicted molar refractivity (Wildman–Crippen MR) is 444 cm³/mol. The van der Waals surface area contributed by atoms with Gasteiger partial charge in [-0.25, -0.2) is 0 Å². The molecule has 110 heavy (non-hydrogen) atoms. The van der Waals surface area contributed by atoms with Gasteiger partial charge in [-0.2, -0.15) is 0 Å². The van der Waals surface area contributed by atoms with Crippen LogP contribution in [0, 0.1) is 0 Å². The summed E-state index contributed by atoms with van der Waals surface area (Å²) in [4.78, 5) is 13.6. The Morgan fingerprint density at radius 3 is 0.791 bits per heavy atom. The van der Waals surface area contributed by atoms with Gasteiger partial charge in [0.15, 0.2) is 18.9 Å². The molecule has 3 saturated heterocycles. The minimum Gasteiger partial charge on any atom is -0.394 e. The quantitative estimate of drug-likeness (QED) is 0.0252. The molecule has 19 heteroatoms. The molecule has 3 rings (SSSR count). The summed E-state index contributed by atoms with van der Waals surface area (Å²) in [5.74, 6) is -0.230. The summed E-state index contributed by atoms with van der Waals surface area (Å²) in [5, 5.41) is 121. The maximum Gasteiger partial charge on any atom is 0.220 e. The van der Waals surface area contributed by atoms with Gasteiger partial charge in [-0.3, -0.25) is 4.79 Å². The van der Waals surface area contributed by atoms with E-state index in [1.807, 2.05) is 0 Å². The summed E-state index contributed by atoms with van der Waals surface area (Å²) in [6, 6.07) is -0.885. The number of ether oxygens (including phenoxy) is 6. The lowest BCUT2D eigenvalue weighted by Gasteiger charge is -2.48. The molecular formula is C91H177NO18. The van der Waals surface area contributed by atoms with E-state index in [0.29, 0.717) is 12.8 Å². The molecule has 0 aliphatic carbocycles. The van der Waals surface area contributed by atoms with Crippen molar-refractivity contribution >= 4 is 5.91 Å². The molecular weight excluding hydrogens is 1390 g/mol. The normalized spacial score (nSPS) is 25.0. The first-order valence-electron chi connectivity index (χ1n) is 47.3. The molecule has 3 heterocycles. The van der Waals surface area contributed by atoms with Gasteiger partial charge in [-0.05, 0) is 12.8 Å². The zero-order valence-electron chi connectivity index (χ0n) is 70.8. The first-order valence-corrected chi connectivity index (χ1v) is 47.3. The average molecular weight is 1570 g/mol. The molecule has 3 fully saturated rings. The summed E-state index contributed by atoms with van der Waals surface area (Å²) >= 11 is 0. The van der Waals surface area contributed by atoms with Crippen LogP contribution < -0.4 is 5.32 Å². The fourth-order valence-electron chi connectivity index (χ4n) is 16.7. The third-order valence-electron chi connectivity index (χ3n) is 24.2. The molecule has 3 aliphatic heterocycles. The van der Waals surface area contributed by atoms with Crippen molar-refractivity contribution in [1.29, 1.82) is 0 Å². The van der Waals surface area contributed by atoms with Crippen molar-refractivity contribution in [2.24, 2.45) is 0 Å². The Labute approximate surface area is 672 Å². The van der Waals surface area contributed by atoms with Gasteiger partial charge in [-0.15, -0.1) is 0 Å². The van der Waals surface area contributed by atoms with Gasteiger partial charge < -0.3 is 89.9 Å². The van der Waals surface area contributed by atoms with Crippen LogP contribution in [0.2, 0.25) is 0 Å². The van der Waals surface area contributed by atoms with Crippen LogP contribution in [0.4, 0.5) is 0 Å². The van der Waals surface area contributed by atoms with Crippen LogP contribution in [-0.4, -0.2) is 193 Å². The highest BCUT2D eigenvalue weighted by Gasteiger charge is 2.54. The van der Waals surface area contributed by atoms with Gasteiger partial charge in [-0.1, -0.05) is 425 Å². The summed E-state index contributed by atoms with van der Waals surface area (Å²) in [5.41, 5.74) is 0. The molecule has 19 nitrogen and oxygen atoms in total. The molecule has 0 saturated carbocycles. The van der Waals surface area contributed by atoms with E-state index < -0.39 is 124 Å². The number of rotatable bonds is 79. The van der Waals surface area contributed by atoms with Gasteiger partial charge in [0.1, 0.15) is 73.2 Å². The number of carbonyl (C=O) groups excluding carboxylic acids is 1. The van der Waals surface area contributed by atoms with E-state index in [9.17, 15) is 61.0 Å². The molecule has 17 unspecified atom stereocenters. The molecule has 654 valence electrons. The van der Waals surface area contributed by atoms with E-state index >= 15 is 0 Å². The van der Waals surface area contributed by atoms with Crippen LogP contribution >= 0.6 is 0 Å². The standard InChI is InChI=1S/C91H177NO18/c1-3-5-7-9-11-13-15-17-19-21-23-25-27-29-31-33-35-36-37-39-41-43-45-47-49-51-53-55-57-59-61-63-65-67-69-79(97)92-74(75(96)68-66-64-62-60-58-56-54-52-50-48-46-44-42-40-38-34-32-30-28-26-24-22-20-18-16-14-12-10-8-6-4-2)73-105-89-85(103)82(100)87(77(71-94)107-89)110-91-86(104)83(101)88(78(72-95)108-91)109-90-84(102)81(99)80(98)76(70-93)106-90/h74-78,80-91,93-96,98-104H,3-73H2,1-2H3,(H,92,97). The van der Waals surface area contributed by atoms with E-state index in [4.69, 9.17) is 28.4 Å². The summed E-state index contributed by atoms with van der Waals surface area (Å²) < 4.78 is 34.6. The van der Waals surface area contributed by atoms with Crippen molar-refractivity contribution in [2.45, 2.75) is 548 Å². The highest BCUT2D eigenvalue weighted by Crippen LogP contribution is 2.34. The largest absolute Gasteiger partial charge is 0.394 e. The van der Waals surface area contributed by atoms with Gasteiger partial charge in [0.2, 0.25) is 5.91 Å². The molecule has 3 aliphatic rings. The van der Waals surface area contributed by atoms with Gasteiger partial charge >= 0.3 is 0 Å². The number of unbranched alkanes of at least 4 members (excludes halogenated alkanes) is 63. The van der Waals surface area contributed by atoms with Gasteiger partial charge in [0, 0.05) is 6.42 Å². The highest BCUT2D eigenvalue weighted by atomic mass is 16.8. The summed E-state index contributed by atoms with van der Waals surface area (Å²) in [7, 11) is 0. The molecule has 0 spiro atoms. The van der Waals surface area contributed by atoms with Gasteiger partial charge in [0.25, 0.3) is 0 Å². The Bertz CT molecular complexity index is 1980. The Kier molecular flexibility index (Phi) is 67.3. The van der Waals surface area contributed by atoms with Gasteiger partial charge in [0.05, 0.1) is 38.6 Å². The maximum absolute atomic E-state index is 13.6.